The van der Waals surface area contributed by atoms with Crippen molar-refractivity contribution in [2.24, 2.45) is 5.16 Å². The van der Waals surface area contributed by atoms with Crippen LogP contribution in [0.4, 0.5) is 0 Å². The van der Waals surface area contributed by atoms with Gasteiger partial charge in [-0.2, -0.15) is 0 Å². The largest absolute Gasteiger partial charge is 0.411 e. The molecular weight excluding hydrogens is 152 g/mol. The van der Waals surface area contributed by atoms with Gasteiger partial charge in [0.15, 0.2) is 0 Å². The zero-order valence-corrected chi connectivity index (χ0v) is 7.90. The zero-order chi connectivity index (χ0) is 8.97. The Labute approximate surface area is 74.1 Å². The summed E-state index contributed by atoms with van der Waals surface area (Å²) in [5, 5.41) is 11.3. The van der Waals surface area contributed by atoms with Crippen LogP contribution in [-0.2, 0) is 0 Å². The van der Waals surface area contributed by atoms with Crippen molar-refractivity contribution >= 4 is 6.21 Å². The number of piperidine rings is 1. The second-order valence-electron chi connectivity index (χ2n) is 3.63. The van der Waals surface area contributed by atoms with Gasteiger partial charge in [0, 0.05) is 24.7 Å². The molecule has 1 aliphatic heterocycles. The summed E-state index contributed by atoms with van der Waals surface area (Å²) < 4.78 is 0. The number of nitrogens with zero attached hydrogens (tertiary/aromatic N) is 2. The average molecular weight is 170 g/mol. The van der Waals surface area contributed by atoms with Crippen molar-refractivity contribution in [3.05, 3.63) is 0 Å². The van der Waals surface area contributed by atoms with Crippen molar-refractivity contribution < 1.29 is 5.21 Å². The SMILES string of the molecule is C[C@@H]1CCC[C@H](C/C=N/O)N1C. The van der Waals surface area contributed by atoms with Crippen molar-refractivity contribution in [1.29, 1.82) is 0 Å². The van der Waals surface area contributed by atoms with Crippen molar-refractivity contribution in [3.8, 4) is 0 Å². The molecule has 0 aliphatic carbocycles. The van der Waals surface area contributed by atoms with Gasteiger partial charge >= 0.3 is 0 Å². The molecule has 0 saturated carbocycles. The highest BCUT2D eigenvalue weighted by Gasteiger charge is 2.23. The lowest BCUT2D eigenvalue weighted by Crippen LogP contribution is -2.42. The number of rotatable bonds is 2. The molecule has 1 fully saturated rings. The van der Waals surface area contributed by atoms with E-state index in [1.807, 2.05) is 0 Å². The fourth-order valence-electron chi connectivity index (χ4n) is 1.87. The lowest BCUT2D eigenvalue weighted by molar-refractivity contribution is 0.130. The number of likely N-dealkylation sites (tertiary alicyclic amines) is 1. The third-order valence-electron chi connectivity index (χ3n) is 2.89. The van der Waals surface area contributed by atoms with Crippen LogP contribution < -0.4 is 0 Å². The smallest absolute Gasteiger partial charge is 0.0451 e. The lowest BCUT2D eigenvalue weighted by atomic mass is 9.96. The van der Waals surface area contributed by atoms with E-state index in [0.29, 0.717) is 12.1 Å². The van der Waals surface area contributed by atoms with E-state index >= 15 is 0 Å². The Bertz CT molecular complexity index is 159. The molecule has 1 N–H and O–H groups in total. The second kappa shape index (κ2) is 4.45. The topological polar surface area (TPSA) is 35.8 Å². The molecule has 0 radical (unpaired) electrons. The monoisotopic (exact) mass is 170 g/mol. The van der Waals surface area contributed by atoms with E-state index in [0.717, 1.165) is 6.42 Å². The minimum atomic E-state index is 0.574. The van der Waals surface area contributed by atoms with Gasteiger partial charge < -0.3 is 10.1 Å². The quantitative estimate of drug-likeness (QED) is 0.389. The Morgan fingerprint density at radius 3 is 3.00 bits per heavy atom. The van der Waals surface area contributed by atoms with Gasteiger partial charge in [-0.15, -0.1) is 5.16 Å². The summed E-state index contributed by atoms with van der Waals surface area (Å²) in [7, 11) is 2.15. The molecule has 0 spiro atoms. The normalized spacial score (nSPS) is 32.8. The van der Waals surface area contributed by atoms with Gasteiger partial charge in [0.25, 0.3) is 0 Å². The van der Waals surface area contributed by atoms with Crippen molar-refractivity contribution in [1.82, 2.24) is 4.90 Å². The van der Waals surface area contributed by atoms with Crippen molar-refractivity contribution in [2.75, 3.05) is 7.05 Å². The molecule has 70 valence electrons. The summed E-state index contributed by atoms with van der Waals surface area (Å²) in [6.07, 6.45) is 6.29. The third-order valence-corrected chi connectivity index (χ3v) is 2.89. The van der Waals surface area contributed by atoms with Gasteiger partial charge in [-0.1, -0.05) is 6.42 Å². The van der Waals surface area contributed by atoms with Crippen LogP contribution in [0.25, 0.3) is 0 Å². The van der Waals surface area contributed by atoms with Gasteiger partial charge in [-0.3, -0.25) is 0 Å². The molecule has 3 heteroatoms. The zero-order valence-electron chi connectivity index (χ0n) is 7.90. The molecule has 0 amide bonds. The molecule has 1 saturated heterocycles. The van der Waals surface area contributed by atoms with E-state index in [1.54, 1.807) is 6.21 Å². The molecule has 2 atom stereocenters. The molecule has 1 rings (SSSR count). The van der Waals surface area contributed by atoms with Crippen LogP contribution in [-0.4, -0.2) is 35.5 Å². The Balaban J connectivity index is 2.40. The summed E-state index contributed by atoms with van der Waals surface area (Å²) in [5.74, 6) is 0. The van der Waals surface area contributed by atoms with Gasteiger partial charge in [0.1, 0.15) is 0 Å². The molecule has 0 aromatic carbocycles. The summed E-state index contributed by atoms with van der Waals surface area (Å²) in [6.45, 7) is 2.25. The predicted molar refractivity (Wildman–Crippen MR) is 49.8 cm³/mol. The minimum Gasteiger partial charge on any atom is -0.411 e. The first kappa shape index (κ1) is 9.52. The fraction of sp³-hybridized carbons (Fsp3) is 0.889. The van der Waals surface area contributed by atoms with Crippen LogP contribution in [0.2, 0.25) is 0 Å². The highest BCUT2D eigenvalue weighted by molar-refractivity contribution is 5.57. The maximum absolute atomic E-state index is 8.30. The molecule has 3 nitrogen and oxygen atoms in total. The molecule has 1 aliphatic rings. The maximum atomic E-state index is 8.30. The van der Waals surface area contributed by atoms with Gasteiger partial charge in [0.05, 0.1) is 0 Å². The van der Waals surface area contributed by atoms with E-state index in [-0.39, 0.29) is 0 Å². The van der Waals surface area contributed by atoms with Crippen molar-refractivity contribution in [2.45, 2.75) is 44.7 Å². The Hall–Kier alpha value is -0.570. The van der Waals surface area contributed by atoms with Crippen LogP contribution in [0.1, 0.15) is 32.6 Å². The molecular formula is C9H18N2O. The number of oxime groups is 1. The van der Waals surface area contributed by atoms with Gasteiger partial charge in [0.2, 0.25) is 0 Å². The average Bonchev–Trinajstić information content (AvgIpc) is 2.08. The van der Waals surface area contributed by atoms with E-state index < -0.39 is 0 Å². The summed E-state index contributed by atoms with van der Waals surface area (Å²) in [6, 6.07) is 1.25. The maximum Gasteiger partial charge on any atom is 0.0451 e. The lowest BCUT2D eigenvalue weighted by Gasteiger charge is -2.37. The first-order valence-electron chi connectivity index (χ1n) is 4.63. The third kappa shape index (κ3) is 2.21. The first-order chi connectivity index (χ1) is 5.75. The molecule has 1 heterocycles. The van der Waals surface area contributed by atoms with Gasteiger partial charge in [-0.25, -0.2) is 0 Å². The molecule has 0 aromatic heterocycles. The van der Waals surface area contributed by atoms with Crippen LogP contribution in [0.15, 0.2) is 5.16 Å². The Morgan fingerprint density at radius 2 is 2.33 bits per heavy atom. The van der Waals surface area contributed by atoms with E-state index in [2.05, 4.69) is 24.0 Å². The van der Waals surface area contributed by atoms with E-state index in [4.69, 9.17) is 5.21 Å². The summed E-state index contributed by atoms with van der Waals surface area (Å²) >= 11 is 0. The molecule has 0 bridgehead atoms. The highest BCUT2D eigenvalue weighted by Crippen LogP contribution is 2.22. The Kier molecular flexibility index (Phi) is 3.53. The van der Waals surface area contributed by atoms with E-state index in [1.165, 1.54) is 19.3 Å². The molecule has 0 aromatic rings. The standard InChI is InChI=1S/C9H18N2O/c1-8-4-3-5-9(11(8)2)6-7-10-12/h7-9,12H,3-6H2,1-2H3/b10-7+/t8-,9-/m1/s1. The molecule has 12 heavy (non-hydrogen) atoms. The Morgan fingerprint density at radius 1 is 1.58 bits per heavy atom. The van der Waals surface area contributed by atoms with Crippen LogP contribution >= 0.6 is 0 Å². The second-order valence-corrected chi connectivity index (χ2v) is 3.63. The van der Waals surface area contributed by atoms with Crippen molar-refractivity contribution in [3.63, 3.8) is 0 Å². The summed E-state index contributed by atoms with van der Waals surface area (Å²) in [5.41, 5.74) is 0. The predicted octanol–water partition coefficient (Wildman–Crippen LogP) is 1.71. The first-order valence-corrected chi connectivity index (χ1v) is 4.63. The number of hydrogen-bond donors (Lipinski definition) is 1. The van der Waals surface area contributed by atoms with Crippen LogP contribution in [0.3, 0.4) is 0 Å². The summed E-state index contributed by atoms with van der Waals surface area (Å²) in [4.78, 5) is 2.38. The van der Waals surface area contributed by atoms with Gasteiger partial charge in [-0.05, 0) is 26.8 Å². The van der Waals surface area contributed by atoms with E-state index in [9.17, 15) is 0 Å². The fourth-order valence-corrected chi connectivity index (χ4v) is 1.87. The van der Waals surface area contributed by atoms with Crippen LogP contribution in [0, 0.1) is 0 Å². The van der Waals surface area contributed by atoms with Crippen LogP contribution in [0.5, 0.6) is 0 Å². The number of hydrogen-bond acceptors (Lipinski definition) is 3. The highest BCUT2D eigenvalue weighted by atomic mass is 16.4. The minimum absolute atomic E-state index is 0.574. The molecule has 0 unspecified atom stereocenters.